The van der Waals surface area contributed by atoms with Crippen LogP contribution in [0.25, 0.3) is 0 Å². The van der Waals surface area contributed by atoms with Gasteiger partial charge in [0.05, 0.1) is 6.54 Å². The normalized spacial score (nSPS) is 31.0. The number of nitrogens with one attached hydrogen (secondary N) is 1. The molecule has 2 saturated heterocycles. The van der Waals surface area contributed by atoms with Crippen LogP contribution in [0.1, 0.15) is 38.5 Å². The molecule has 0 aromatic carbocycles. The molecule has 3 aliphatic rings. The van der Waals surface area contributed by atoms with Gasteiger partial charge in [-0.1, -0.05) is 6.42 Å². The molecule has 1 aliphatic carbocycles. The molecule has 3 fully saturated rings. The van der Waals surface area contributed by atoms with Gasteiger partial charge >= 0.3 is 0 Å². The van der Waals surface area contributed by atoms with Crippen LogP contribution in [0.5, 0.6) is 0 Å². The van der Waals surface area contributed by atoms with E-state index in [-0.39, 0.29) is 54.6 Å². The predicted molar refractivity (Wildman–Crippen MR) is 98.6 cm³/mol. The molecule has 0 aromatic heterocycles. The number of hydrogen-bond acceptors (Lipinski definition) is 4. The summed E-state index contributed by atoms with van der Waals surface area (Å²) in [5, 5.41) is 3.11. The lowest BCUT2D eigenvalue weighted by atomic mass is 9.85. The first kappa shape index (κ1) is 21.5. The summed E-state index contributed by atoms with van der Waals surface area (Å²) in [5.74, 6) is 0.536. The molecule has 3 unspecified atom stereocenters. The van der Waals surface area contributed by atoms with Crippen molar-refractivity contribution >= 4 is 36.6 Å². The molecule has 3 rings (SSSR count). The lowest BCUT2D eigenvalue weighted by molar-refractivity contribution is -0.143. The Morgan fingerprint density at radius 2 is 1.92 bits per heavy atom. The largest absolute Gasteiger partial charge is 0.340 e. The number of nitrogens with zero attached hydrogens (tertiary/aromatic N) is 2. The monoisotopic (exact) mass is 380 g/mol. The molecule has 2 amide bonds. The number of amides is 2. The van der Waals surface area contributed by atoms with Crippen LogP contribution in [-0.2, 0) is 9.59 Å². The molecule has 0 bridgehead atoms. The van der Waals surface area contributed by atoms with Crippen LogP contribution in [0, 0.1) is 5.92 Å². The van der Waals surface area contributed by atoms with Crippen LogP contribution in [-0.4, -0.2) is 66.4 Å². The average molecular weight is 381 g/mol. The van der Waals surface area contributed by atoms with Gasteiger partial charge in [-0.3, -0.25) is 9.59 Å². The van der Waals surface area contributed by atoms with Crippen LogP contribution in [0.2, 0.25) is 0 Å². The maximum atomic E-state index is 12.8. The standard InChI is InChI=1S/C16H28N4O2.2ClH/c17-13-4-1-3-12(9-13)16(22)19-7-2-5-14(11-19)20-8-6-18-10-15(20)21;;/h12-14,18H,1-11,17H2;2*1H. The minimum atomic E-state index is 0. The highest BCUT2D eigenvalue weighted by Crippen LogP contribution is 2.27. The van der Waals surface area contributed by atoms with Gasteiger partial charge in [-0.05, 0) is 32.1 Å². The fourth-order valence-corrected chi connectivity index (χ4v) is 4.13. The van der Waals surface area contributed by atoms with Crippen molar-refractivity contribution in [3.8, 4) is 0 Å². The predicted octanol–water partition coefficient (Wildman–Crippen LogP) is 0.770. The topological polar surface area (TPSA) is 78.7 Å². The maximum Gasteiger partial charge on any atom is 0.236 e. The number of rotatable bonds is 2. The molecule has 0 aromatic rings. The summed E-state index contributed by atoms with van der Waals surface area (Å²) >= 11 is 0. The van der Waals surface area contributed by atoms with Crippen LogP contribution in [0.4, 0.5) is 0 Å². The number of likely N-dealkylation sites (tertiary alicyclic amines) is 1. The van der Waals surface area contributed by atoms with E-state index in [0.29, 0.717) is 13.1 Å². The molecule has 0 radical (unpaired) electrons. The molecule has 1 saturated carbocycles. The van der Waals surface area contributed by atoms with Crippen LogP contribution in [0.3, 0.4) is 0 Å². The van der Waals surface area contributed by atoms with Gasteiger partial charge in [0.2, 0.25) is 11.8 Å². The maximum absolute atomic E-state index is 12.8. The Morgan fingerprint density at radius 1 is 1.12 bits per heavy atom. The van der Waals surface area contributed by atoms with E-state index in [1.807, 2.05) is 9.80 Å². The number of carbonyl (C=O) groups excluding carboxylic acids is 2. The highest BCUT2D eigenvalue weighted by atomic mass is 35.5. The van der Waals surface area contributed by atoms with Gasteiger partial charge < -0.3 is 20.9 Å². The smallest absolute Gasteiger partial charge is 0.236 e. The van der Waals surface area contributed by atoms with Crippen molar-refractivity contribution in [2.24, 2.45) is 11.7 Å². The van der Waals surface area contributed by atoms with Crippen molar-refractivity contribution in [1.82, 2.24) is 15.1 Å². The van der Waals surface area contributed by atoms with Gasteiger partial charge in [0, 0.05) is 44.2 Å². The van der Waals surface area contributed by atoms with Crippen LogP contribution >= 0.6 is 24.8 Å². The number of nitrogens with two attached hydrogens (primary N) is 1. The zero-order chi connectivity index (χ0) is 15.5. The quantitative estimate of drug-likeness (QED) is 0.741. The van der Waals surface area contributed by atoms with Crippen molar-refractivity contribution in [1.29, 1.82) is 0 Å². The first-order valence-electron chi connectivity index (χ1n) is 8.69. The second-order valence-corrected chi connectivity index (χ2v) is 6.97. The van der Waals surface area contributed by atoms with E-state index in [0.717, 1.165) is 58.2 Å². The van der Waals surface area contributed by atoms with E-state index < -0.39 is 0 Å². The molecular formula is C16H30Cl2N4O2. The first-order valence-corrected chi connectivity index (χ1v) is 8.69. The van der Waals surface area contributed by atoms with Gasteiger partial charge in [0.15, 0.2) is 0 Å². The lowest BCUT2D eigenvalue weighted by Gasteiger charge is -2.42. The zero-order valence-corrected chi connectivity index (χ0v) is 15.7. The summed E-state index contributed by atoms with van der Waals surface area (Å²) in [6.07, 6.45) is 5.91. The first-order chi connectivity index (χ1) is 10.6. The van der Waals surface area contributed by atoms with Crippen LogP contribution in [0.15, 0.2) is 0 Å². The van der Waals surface area contributed by atoms with Crippen molar-refractivity contribution in [3.05, 3.63) is 0 Å². The molecule has 140 valence electrons. The Labute approximate surface area is 156 Å². The Bertz CT molecular complexity index is 438. The molecule has 6 nitrogen and oxygen atoms in total. The summed E-state index contributed by atoms with van der Waals surface area (Å²) in [6.45, 7) is 3.59. The van der Waals surface area contributed by atoms with Crippen molar-refractivity contribution in [2.45, 2.75) is 50.6 Å². The van der Waals surface area contributed by atoms with E-state index in [9.17, 15) is 9.59 Å². The van der Waals surface area contributed by atoms with Crippen molar-refractivity contribution in [2.75, 3.05) is 32.7 Å². The van der Waals surface area contributed by atoms with E-state index in [2.05, 4.69) is 5.32 Å². The SMILES string of the molecule is Cl.Cl.NC1CCCC(C(=O)N2CCCC(N3CCNCC3=O)C2)C1. The summed E-state index contributed by atoms with van der Waals surface area (Å²) in [5.41, 5.74) is 6.02. The van der Waals surface area contributed by atoms with E-state index in [1.54, 1.807) is 0 Å². The third-order valence-corrected chi connectivity index (χ3v) is 5.34. The molecule has 2 aliphatic heterocycles. The number of piperidine rings is 1. The summed E-state index contributed by atoms with van der Waals surface area (Å²) in [7, 11) is 0. The zero-order valence-electron chi connectivity index (χ0n) is 14.1. The van der Waals surface area contributed by atoms with E-state index >= 15 is 0 Å². The van der Waals surface area contributed by atoms with E-state index in [1.165, 1.54) is 0 Å². The molecule has 3 N–H and O–H groups in total. The highest BCUT2D eigenvalue weighted by Gasteiger charge is 2.35. The van der Waals surface area contributed by atoms with E-state index in [4.69, 9.17) is 5.73 Å². The molecule has 8 heteroatoms. The molecule has 0 spiro atoms. The number of piperazine rings is 1. The lowest BCUT2D eigenvalue weighted by Crippen LogP contribution is -2.58. The summed E-state index contributed by atoms with van der Waals surface area (Å²) < 4.78 is 0. The van der Waals surface area contributed by atoms with Gasteiger partial charge in [0.25, 0.3) is 0 Å². The van der Waals surface area contributed by atoms with Crippen LogP contribution < -0.4 is 11.1 Å². The Morgan fingerprint density at radius 3 is 2.62 bits per heavy atom. The molecule has 24 heavy (non-hydrogen) atoms. The number of halogens is 2. The summed E-state index contributed by atoms with van der Waals surface area (Å²) in [4.78, 5) is 28.8. The highest BCUT2D eigenvalue weighted by molar-refractivity contribution is 5.85. The van der Waals surface area contributed by atoms with Gasteiger partial charge in [0.1, 0.15) is 0 Å². The number of carbonyl (C=O) groups is 2. The molecular weight excluding hydrogens is 351 g/mol. The second kappa shape index (κ2) is 9.80. The Hall–Kier alpha value is -0.560. The molecule has 2 heterocycles. The average Bonchev–Trinajstić information content (AvgIpc) is 2.55. The molecule has 3 atom stereocenters. The van der Waals surface area contributed by atoms with Gasteiger partial charge in [-0.25, -0.2) is 0 Å². The van der Waals surface area contributed by atoms with Crippen molar-refractivity contribution in [3.63, 3.8) is 0 Å². The second-order valence-electron chi connectivity index (χ2n) is 6.97. The van der Waals surface area contributed by atoms with Gasteiger partial charge in [-0.15, -0.1) is 24.8 Å². The van der Waals surface area contributed by atoms with Crippen molar-refractivity contribution < 1.29 is 9.59 Å². The fourth-order valence-electron chi connectivity index (χ4n) is 4.13. The summed E-state index contributed by atoms with van der Waals surface area (Å²) in [6, 6.07) is 0.377. The Balaban J connectivity index is 0.00000144. The Kier molecular flexibility index (Phi) is 8.77. The van der Waals surface area contributed by atoms with Gasteiger partial charge in [-0.2, -0.15) is 0 Å². The minimum Gasteiger partial charge on any atom is -0.340 e. The third kappa shape index (κ3) is 4.97. The minimum absolute atomic E-state index is 0. The fraction of sp³-hybridized carbons (Fsp3) is 0.875. The number of hydrogen-bond donors (Lipinski definition) is 2. The third-order valence-electron chi connectivity index (χ3n) is 5.34.